The van der Waals surface area contributed by atoms with E-state index < -0.39 is 0 Å². The maximum Gasteiger partial charge on any atom is 0.116 e. The van der Waals surface area contributed by atoms with Crippen LogP contribution >= 0.6 is 0 Å². The van der Waals surface area contributed by atoms with Gasteiger partial charge in [-0.15, -0.1) is 0 Å². The number of fused-ring (bicyclic) bond motifs is 1. The second kappa shape index (κ2) is 3.51. The fraction of sp³-hybridized carbons (Fsp3) is 1.00. The van der Waals surface area contributed by atoms with Crippen molar-refractivity contribution in [1.82, 2.24) is 20.4 Å². The summed E-state index contributed by atoms with van der Waals surface area (Å²) in [4.78, 5) is 4.65. The van der Waals surface area contributed by atoms with Crippen molar-refractivity contribution in [3.63, 3.8) is 0 Å². The molecular formula is C8H18N4O. The van der Waals surface area contributed by atoms with Gasteiger partial charge in [-0.05, 0) is 14.0 Å². The maximum absolute atomic E-state index is 8.71. The van der Waals surface area contributed by atoms with E-state index in [0.29, 0.717) is 18.9 Å². The Morgan fingerprint density at radius 2 is 2.38 bits per heavy atom. The standard InChI is InChI=1S/C8H18N4O/c1-6-10-8(9-3-4-13)11(2)7-5-12(6)7/h6-10,13H,3-5H2,1-2H3/t6?,7-,8?,12+/m0/s1. The van der Waals surface area contributed by atoms with E-state index >= 15 is 0 Å². The average molecular weight is 186 g/mol. The highest BCUT2D eigenvalue weighted by Gasteiger charge is 2.47. The van der Waals surface area contributed by atoms with Crippen LogP contribution in [0.25, 0.3) is 0 Å². The van der Waals surface area contributed by atoms with Gasteiger partial charge in [-0.3, -0.25) is 20.4 Å². The third-order valence-electron chi connectivity index (χ3n) is 2.85. The van der Waals surface area contributed by atoms with Crippen LogP contribution in [0.3, 0.4) is 0 Å². The van der Waals surface area contributed by atoms with Crippen molar-refractivity contribution in [2.24, 2.45) is 0 Å². The Morgan fingerprint density at radius 3 is 3.08 bits per heavy atom. The Morgan fingerprint density at radius 1 is 1.62 bits per heavy atom. The fourth-order valence-corrected chi connectivity index (χ4v) is 1.94. The highest BCUT2D eigenvalue weighted by atomic mass is 16.3. The summed E-state index contributed by atoms with van der Waals surface area (Å²) in [5.41, 5.74) is 0. The molecule has 0 radical (unpaired) electrons. The Bertz CT molecular complexity index is 189. The largest absolute Gasteiger partial charge is 0.395 e. The molecule has 0 spiro atoms. The van der Waals surface area contributed by atoms with Crippen LogP contribution in [0, 0.1) is 0 Å². The van der Waals surface area contributed by atoms with Gasteiger partial charge in [0, 0.05) is 13.1 Å². The molecule has 0 saturated carbocycles. The van der Waals surface area contributed by atoms with E-state index in [0.717, 1.165) is 6.54 Å². The van der Waals surface area contributed by atoms with Gasteiger partial charge >= 0.3 is 0 Å². The van der Waals surface area contributed by atoms with Gasteiger partial charge in [-0.25, -0.2) is 0 Å². The molecule has 0 aliphatic carbocycles. The predicted molar refractivity (Wildman–Crippen MR) is 49.7 cm³/mol. The van der Waals surface area contributed by atoms with Crippen molar-refractivity contribution in [3.05, 3.63) is 0 Å². The zero-order chi connectivity index (χ0) is 9.42. The Labute approximate surface area is 78.7 Å². The molecule has 2 heterocycles. The second-order valence-electron chi connectivity index (χ2n) is 3.77. The molecular weight excluding hydrogens is 168 g/mol. The van der Waals surface area contributed by atoms with Crippen LogP contribution in [0.5, 0.6) is 0 Å². The minimum atomic E-state index is 0.189. The summed E-state index contributed by atoms with van der Waals surface area (Å²) in [7, 11) is 2.10. The Balaban J connectivity index is 1.87. The minimum Gasteiger partial charge on any atom is -0.395 e. The SMILES string of the molecule is CC1NC(NCCO)N(C)[C@@H]2C[N@]12. The van der Waals surface area contributed by atoms with E-state index in [1.807, 2.05) is 0 Å². The van der Waals surface area contributed by atoms with E-state index in [1.54, 1.807) is 0 Å². The van der Waals surface area contributed by atoms with Gasteiger partial charge in [0.15, 0.2) is 0 Å². The first-order valence-corrected chi connectivity index (χ1v) is 4.82. The van der Waals surface area contributed by atoms with E-state index in [4.69, 9.17) is 5.11 Å². The highest BCUT2D eigenvalue weighted by molar-refractivity contribution is 4.96. The maximum atomic E-state index is 8.71. The van der Waals surface area contributed by atoms with Gasteiger partial charge in [-0.1, -0.05) is 0 Å². The first kappa shape index (κ1) is 9.36. The summed E-state index contributed by atoms with van der Waals surface area (Å²) in [6, 6.07) is 0. The lowest BCUT2D eigenvalue weighted by molar-refractivity contribution is 0.0492. The molecule has 0 aromatic heterocycles. The lowest BCUT2D eigenvalue weighted by atomic mass is 10.4. The van der Waals surface area contributed by atoms with Gasteiger partial charge in [0.1, 0.15) is 6.29 Å². The fourth-order valence-electron chi connectivity index (χ4n) is 1.94. The molecule has 0 aromatic rings. The summed E-state index contributed by atoms with van der Waals surface area (Å²) < 4.78 is 0. The van der Waals surface area contributed by atoms with Crippen LogP contribution in [0.15, 0.2) is 0 Å². The molecule has 0 amide bonds. The number of aliphatic hydroxyl groups excluding tert-OH is 1. The third kappa shape index (κ3) is 1.70. The molecule has 5 nitrogen and oxygen atoms in total. The third-order valence-corrected chi connectivity index (χ3v) is 2.85. The predicted octanol–water partition coefficient (Wildman–Crippen LogP) is -1.63. The number of nitrogens with one attached hydrogen (secondary N) is 2. The first-order valence-electron chi connectivity index (χ1n) is 4.82. The van der Waals surface area contributed by atoms with Crippen LogP contribution in [0.4, 0.5) is 0 Å². The quantitative estimate of drug-likeness (QED) is 0.462. The molecule has 2 unspecified atom stereocenters. The van der Waals surface area contributed by atoms with Crippen LogP contribution in [0.1, 0.15) is 6.92 Å². The molecule has 0 bridgehead atoms. The first-order chi connectivity index (χ1) is 6.24. The zero-order valence-electron chi connectivity index (χ0n) is 8.20. The topological polar surface area (TPSA) is 50.5 Å². The molecule has 0 aromatic carbocycles. The van der Waals surface area contributed by atoms with Crippen molar-refractivity contribution in [1.29, 1.82) is 0 Å². The molecule has 2 fully saturated rings. The summed E-state index contributed by atoms with van der Waals surface area (Å²) in [5, 5.41) is 15.4. The van der Waals surface area contributed by atoms with Crippen molar-refractivity contribution in [3.8, 4) is 0 Å². The van der Waals surface area contributed by atoms with Crippen LogP contribution in [0.2, 0.25) is 0 Å². The monoisotopic (exact) mass is 186 g/mol. The number of likely N-dealkylation sites (N-methyl/N-ethyl adjacent to an activating group) is 1. The zero-order valence-corrected chi connectivity index (χ0v) is 8.20. The molecule has 5 heteroatoms. The number of rotatable bonds is 3. The summed E-state index contributed by atoms with van der Waals surface area (Å²) in [6.45, 7) is 4.15. The molecule has 3 N–H and O–H groups in total. The van der Waals surface area contributed by atoms with Crippen LogP contribution in [-0.4, -0.2) is 60.3 Å². The summed E-state index contributed by atoms with van der Waals surface area (Å²) >= 11 is 0. The van der Waals surface area contributed by atoms with Crippen molar-refractivity contribution in [2.75, 3.05) is 26.7 Å². The molecule has 2 aliphatic rings. The molecule has 2 saturated heterocycles. The van der Waals surface area contributed by atoms with Gasteiger partial charge < -0.3 is 5.11 Å². The van der Waals surface area contributed by atoms with E-state index in [2.05, 4.69) is 34.4 Å². The van der Waals surface area contributed by atoms with Crippen molar-refractivity contribution >= 4 is 0 Å². The minimum absolute atomic E-state index is 0.189. The highest BCUT2D eigenvalue weighted by Crippen LogP contribution is 2.27. The van der Waals surface area contributed by atoms with Gasteiger partial charge in [-0.2, -0.15) is 0 Å². The van der Waals surface area contributed by atoms with Crippen molar-refractivity contribution < 1.29 is 5.11 Å². The molecule has 2 rings (SSSR count). The molecule has 13 heavy (non-hydrogen) atoms. The lowest BCUT2D eigenvalue weighted by Crippen LogP contribution is -2.63. The number of hydrogen-bond donors (Lipinski definition) is 3. The van der Waals surface area contributed by atoms with Crippen molar-refractivity contribution in [2.45, 2.75) is 25.5 Å². The number of aliphatic hydroxyl groups is 1. The van der Waals surface area contributed by atoms with Gasteiger partial charge in [0.05, 0.1) is 18.9 Å². The molecule has 4 atom stereocenters. The van der Waals surface area contributed by atoms with Gasteiger partial charge in [0.25, 0.3) is 0 Å². The van der Waals surface area contributed by atoms with E-state index in [1.165, 1.54) is 0 Å². The Hall–Kier alpha value is -0.200. The normalized spacial score (nSPS) is 44.5. The van der Waals surface area contributed by atoms with E-state index in [9.17, 15) is 0 Å². The Kier molecular flexibility index (Phi) is 2.53. The second-order valence-corrected chi connectivity index (χ2v) is 3.77. The molecule has 2 aliphatic heterocycles. The van der Waals surface area contributed by atoms with Gasteiger partial charge in [0.2, 0.25) is 0 Å². The molecule has 76 valence electrons. The lowest BCUT2D eigenvalue weighted by Gasteiger charge is -2.37. The van der Waals surface area contributed by atoms with Crippen LogP contribution in [-0.2, 0) is 0 Å². The van der Waals surface area contributed by atoms with Crippen LogP contribution < -0.4 is 10.6 Å². The summed E-state index contributed by atoms with van der Waals surface area (Å²) in [6.07, 6.45) is 1.23. The number of nitrogens with zero attached hydrogens (tertiary/aromatic N) is 2. The smallest absolute Gasteiger partial charge is 0.116 e. The number of hydrogen-bond acceptors (Lipinski definition) is 5. The average Bonchev–Trinajstić information content (AvgIpc) is 2.88. The van der Waals surface area contributed by atoms with E-state index in [-0.39, 0.29) is 12.9 Å². The summed E-state index contributed by atoms with van der Waals surface area (Å²) in [5.74, 6) is 0.